The van der Waals surface area contributed by atoms with Crippen LogP contribution in [0.5, 0.6) is 5.75 Å². The van der Waals surface area contributed by atoms with Crippen LogP contribution in [0.3, 0.4) is 0 Å². The van der Waals surface area contributed by atoms with E-state index in [1.54, 1.807) is 0 Å². The van der Waals surface area contributed by atoms with Crippen LogP contribution in [0.15, 0.2) is 114 Å². The van der Waals surface area contributed by atoms with E-state index in [4.69, 9.17) is 4.74 Å². The van der Waals surface area contributed by atoms with Gasteiger partial charge in [0.1, 0.15) is 24.2 Å². The highest BCUT2D eigenvalue weighted by molar-refractivity contribution is 7.92. The van der Waals surface area contributed by atoms with Gasteiger partial charge in [0, 0.05) is 20.0 Å². The molecule has 0 bridgehead atoms. The number of nitrogens with one attached hydrogen (secondary N) is 1. The van der Waals surface area contributed by atoms with Gasteiger partial charge in [0.25, 0.3) is 10.0 Å². The fourth-order valence-corrected chi connectivity index (χ4v) is 6.05. The van der Waals surface area contributed by atoms with Crippen LogP contribution in [0.25, 0.3) is 0 Å². The van der Waals surface area contributed by atoms with Crippen LogP contribution in [0.2, 0.25) is 0 Å². The zero-order valence-electron chi connectivity index (χ0n) is 24.0. The van der Waals surface area contributed by atoms with Crippen molar-refractivity contribution >= 4 is 27.5 Å². The van der Waals surface area contributed by atoms with E-state index in [1.807, 2.05) is 67.6 Å². The number of rotatable bonds is 13. The van der Waals surface area contributed by atoms with Gasteiger partial charge in [0.2, 0.25) is 11.8 Å². The number of anilines is 1. The Morgan fingerprint density at radius 3 is 1.98 bits per heavy atom. The molecule has 0 aliphatic rings. The van der Waals surface area contributed by atoms with E-state index in [0.29, 0.717) is 12.4 Å². The maximum Gasteiger partial charge on any atom is 0.264 e. The maximum atomic E-state index is 14.2. The van der Waals surface area contributed by atoms with Crippen molar-refractivity contribution in [3.8, 4) is 5.75 Å². The second kappa shape index (κ2) is 14.5. The zero-order chi connectivity index (χ0) is 30.8. The normalized spacial score (nSPS) is 11.8. The predicted molar refractivity (Wildman–Crippen MR) is 164 cm³/mol. The Kier molecular flexibility index (Phi) is 10.5. The summed E-state index contributed by atoms with van der Waals surface area (Å²) in [7, 11) is -2.81. The van der Waals surface area contributed by atoms with Crippen molar-refractivity contribution in [2.45, 2.75) is 30.8 Å². The van der Waals surface area contributed by atoms with Crippen LogP contribution >= 0.6 is 0 Å². The Morgan fingerprint density at radius 1 is 0.837 bits per heavy atom. The third-order valence-corrected chi connectivity index (χ3v) is 8.62. The minimum Gasteiger partial charge on any atom is -0.494 e. The van der Waals surface area contributed by atoms with Crippen molar-refractivity contribution in [2.24, 2.45) is 0 Å². The fourth-order valence-electron chi connectivity index (χ4n) is 4.64. The first kappa shape index (κ1) is 31.2. The first-order valence-electron chi connectivity index (χ1n) is 13.8. The standard InChI is InChI=1S/C33H34FN3O5S/c1-3-42-29-18-20-30(21-19-29)43(40,41)37(28-16-14-27(34)15-17-28)24-32(38)36(23-26-12-8-5-9-13-26)31(33(39)35-2)22-25-10-6-4-7-11-25/h4-21,31H,3,22-24H2,1-2H3,(H,35,39)/t31-/m1/s1. The molecule has 0 heterocycles. The first-order valence-corrected chi connectivity index (χ1v) is 15.3. The van der Waals surface area contributed by atoms with Crippen LogP contribution in [0.4, 0.5) is 10.1 Å². The summed E-state index contributed by atoms with van der Waals surface area (Å²) in [6.07, 6.45) is 0.210. The van der Waals surface area contributed by atoms with Gasteiger partial charge in [-0.15, -0.1) is 0 Å². The van der Waals surface area contributed by atoms with E-state index in [1.165, 1.54) is 48.3 Å². The van der Waals surface area contributed by atoms with Crippen molar-refractivity contribution in [3.05, 3.63) is 126 Å². The summed E-state index contributed by atoms with van der Waals surface area (Å²) >= 11 is 0. The number of likely N-dealkylation sites (N-methyl/N-ethyl adjacent to an activating group) is 1. The molecule has 0 spiro atoms. The van der Waals surface area contributed by atoms with Crippen LogP contribution < -0.4 is 14.4 Å². The molecule has 0 aromatic heterocycles. The maximum absolute atomic E-state index is 14.2. The molecule has 4 aromatic rings. The lowest BCUT2D eigenvalue weighted by atomic mass is 10.0. The van der Waals surface area contributed by atoms with Gasteiger partial charge < -0.3 is 15.0 Å². The second-order valence-electron chi connectivity index (χ2n) is 9.72. The molecule has 0 aliphatic carbocycles. The van der Waals surface area contributed by atoms with Crippen LogP contribution in [-0.2, 0) is 32.6 Å². The molecule has 1 N–H and O–H groups in total. The number of benzene rings is 4. The minimum atomic E-state index is -4.30. The number of carbonyl (C=O) groups excluding carboxylic acids is 2. The SMILES string of the molecule is CCOc1ccc(S(=O)(=O)N(CC(=O)N(Cc2ccccc2)[C@H](Cc2ccccc2)C(=O)NC)c2ccc(F)cc2)cc1. The van der Waals surface area contributed by atoms with Gasteiger partial charge in [-0.1, -0.05) is 60.7 Å². The highest BCUT2D eigenvalue weighted by atomic mass is 32.2. The summed E-state index contributed by atoms with van der Waals surface area (Å²) in [6, 6.07) is 28.2. The Balaban J connectivity index is 1.76. The summed E-state index contributed by atoms with van der Waals surface area (Å²) in [5.74, 6) is -1.06. The van der Waals surface area contributed by atoms with Crippen LogP contribution in [-0.4, -0.2) is 51.4 Å². The molecule has 0 aliphatic heterocycles. The molecule has 0 saturated heterocycles. The molecule has 4 rings (SSSR count). The molecule has 10 heteroatoms. The van der Waals surface area contributed by atoms with Crippen LogP contribution in [0, 0.1) is 5.82 Å². The number of ether oxygens (including phenoxy) is 1. The van der Waals surface area contributed by atoms with Crippen molar-refractivity contribution < 1.29 is 27.1 Å². The number of hydrogen-bond acceptors (Lipinski definition) is 5. The molecule has 43 heavy (non-hydrogen) atoms. The van der Waals surface area contributed by atoms with E-state index in [-0.39, 0.29) is 23.5 Å². The molecule has 0 radical (unpaired) electrons. The summed E-state index contributed by atoms with van der Waals surface area (Å²) in [5, 5.41) is 2.65. The van der Waals surface area contributed by atoms with Gasteiger partial charge in [-0.2, -0.15) is 0 Å². The average molecular weight is 604 g/mol. The molecule has 224 valence electrons. The minimum absolute atomic E-state index is 0.0605. The Labute approximate surface area is 251 Å². The third-order valence-electron chi connectivity index (χ3n) is 6.83. The molecule has 2 amide bonds. The Bertz CT molecular complexity index is 1600. The van der Waals surface area contributed by atoms with Gasteiger partial charge in [0.05, 0.1) is 17.2 Å². The number of halogens is 1. The predicted octanol–water partition coefficient (Wildman–Crippen LogP) is 4.81. The van der Waals surface area contributed by atoms with Crippen molar-refractivity contribution in [1.82, 2.24) is 10.2 Å². The molecule has 4 aromatic carbocycles. The van der Waals surface area contributed by atoms with Gasteiger partial charge in [-0.3, -0.25) is 13.9 Å². The van der Waals surface area contributed by atoms with Gasteiger partial charge in [-0.05, 0) is 66.6 Å². The Hall–Kier alpha value is -4.70. The molecular weight excluding hydrogens is 569 g/mol. The molecule has 0 fully saturated rings. The van der Waals surface area contributed by atoms with Crippen molar-refractivity contribution in [1.29, 1.82) is 0 Å². The lowest BCUT2D eigenvalue weighted by Crippen LogP contribution is -2.53. The fraction of sp³-hybridized carbons (Fsp3) is 0.212. The average Bonchev–Trinajstić information content (AvgIpc) is 3.03. The number of nitrogens with zero attached hydrogens (tertiary/aromatic N) is 2. The highest BCUT2D eigenvalue weighted by Crippen LogP contribution is 2.26. The molecule has 1 atom stereocenters. The van der Waals surface area contributed by atoms with E-state index >= 15 is 0 Å². The third kappa shape index (κ3) is 7.98. The van der Waals surface area contributed by atoms with Crippen LogP contribution in [0.1, 0.15) is 18.1 Å². The van der Waals surface area contributed by atoms with E-state index in [0.717, 1.165) is 27.6 Å². The number of hydrogen-bond donors (Lipinski definition) is 1. The quantitative estimate of drug-likeness (QED) is 0.237. The monoisotopic (exact) mass is 603 g/mol. The number of carbonyl (C=O) groups is 2. The summed E-state index contributed by atoms with van der Waals surface area (Å²) < 4.78 is 48.2. The number of amides is 2. The lowest BCUT2D eigenvalue weighted by Gasteiger charge is -2.33. The smallest absolute Gasteiger partial charge is 0.264 e. The van der Waals surface area contributed by atoms with Gasteiger partial charge in [0.15, 0.2) is 0 Å². The first-order chi connectivity index (χ1) is 20.7. The zero-order valence-corrected chi connectivity index (χ0v) is 24.8. The van der Waals surface area contributed by atoms with Crippen molar-refractivity contribution in [3.63, 3.8) is 0 Å². The second-order valence-corrected chi connectivity index (χ2v) is 11.6. The molecule has 0 saturated carbocycles. The van der Waals surface area contributed by atoms with E-state index < -0.39 is 40.2 Å². The summed E-state index contributed by atoms with van der Waals surface area (Å²) in [4.78, 5) is 28.8. The molecule has 0 unspecified atom stereocenters. The summed E-state index contributed by atoms with van der Waals surface area (Å²) in [6.45, 7) is 1.66. The largest absolute Gasteiger partial charge is 0.494 e. The van der Waals surface area contributed by atoms with Crippen molar-refractivity contribution in [2.75, 3.05) is 24.5 Å². The lowest BCUT2D eigenvalue weighted by molar-refractivity contribution is -0.139. The van der Waals surface area contributed by atoms with E-state index in [2.05, 4.69) is 5.32 Å². The molecule has 8 nitrogen and oxygen atoms in total. The topological polar surface area (TPSA) is 96.0 Å². The molecular formula is C33H34FN3O5S. The van der Waals surface area contributed by atoms with Gasteiger partial charge in [-0.25, -0.2) is 12.8 Å². The van der Waals surface area contributed by atoms with Gasteiger partial charge >= 0.3 is 0 Å². The van der Waals surface area contributed by atoms with E-state index in [9.17, 15) is 22.4 Å². The summed E-state index contributed by atoms with van der Waals surface area (Å²) in [5.41, 5.74) is 1.70. The Morgan fingerprint density at radius 2 is 1.42 bits per heavy atom. The number of sulfonamides is 1. The highest BCUT2D eigenvalue weighted by Gasteiger charge is 2.34.